The summed E-state index contributed by atoms with van der Waals surface area (Å²) in [5, 5.41) is 19.2. The lowest BCUT2D eigenvalue weighted by Gasteiger charge is -2.34. The Bertz CT molecular complexity index is 196. The highest BCUT2D eigenvalue weighted by Gasteiger charge is 2.27. The number of hydrogen-bond acceptors (Lipinski definition) is 3. The molecule has 0 saturated heterocycles. The predicted molar refractivity (Wildman–Crippen MR) is 66.3 cm³/mol. The van der Waals surface area contributed by atoms with Gasteiger partial charge in [0, 0.05) is 13.1 Å². The van der Waals surface area contributed by atoms with Crippen molar-refractivity contribution >= 4 is 0 Å². The van der Waals surface area contributed by atoms with E-state index >= 15 is 0 Å². The SMILES string of the molecule is CC(O)CCN(C)CC1CC(C)CCC1O. The summed E-state index contributed by atoms with van der Waals surface area (Å²) in [5.41, 5.74) is 0. The van der Waals surface area contributed by atoms with Crippen molar-refractivity contribution in [2.45, 2.75) is 51.7 Å². The minimum atomic E-state index is -0.224. The molecular weight excluding hydrogens is 202 g/mol. The summed E-state index contributed by atoms with van der Waals surface area (Å²) in [4.78, 5) is 2.23. The highest BCUT2D eigenvalue weighted by Crippen LogP contribution is 2.29. The first kappa shape index (κ1) is 13.9. The van der Waals surface area contributed by atoms with Crippen molar-refractivity contribution in [3.63, 3.8) is 0 Å². The van der Waals surface area contributed by atoms with Gasteiger partial charge in [-0.3, -0.25) is 0 Å². The Labute approximate surface area is 99.5 Å². The van der Waals surface area contributed by atoms with Crippen LogP contribution in [0.15, 0.2) is 0 Å². The Balaban J connectivity index is 2.28. The third-order valence-electron chi connectivity index (χ3n) is 3.68. The molecule has 1 aliphatic carbocycles. The van der Waals surface area contributed by atoms with Gasteiger partial charge in [0.1, 0.15) is 0 Å². The summed E-state index contributed by atoms with van der Waals surface area (Å²) < 4.78 is 0. The van der Waals surface area contributed by atoms with Crippen LogP contribution in [0.4, 0.5) is 0 Å². The molecule has 1 aliphatic rings. The molecule has 0 aromatic carbocycles. The Morgan fingerprint density at radius 1 is 1.38 bits per heavy atom. The average Bonchev–Trinajstić information content (AvgIpc) is 2.20. The normalized spacial score (nSPS) is 33.0. The van der Waals surface area contributed by atoms with E-state index in [1.807, 2.05) is 6.92 Å². The lowest BCUT2D eigenvalue weighted by Crippen LogP contribution is -2.37. The number of aliphatic hydroxyl groups excluding tert-OH is 2. The molecule has 3 nitrogen and oxygen atoms in total. The predicted octanol–water partition coefficient (Wildman–Crippen LogP) is 1.49. The molecule has 96 valence electrons. The molecule has 1 fully saturated rings. The van der Waals surface area contributed by atoms with E-state index < -0.39 is 0 Å². The number of aliphatic hydroxyl groups is 2. The van der Waals surface area contributed by atoms with E-state index in [0.717, 1.165) is 44.7 Å². The summed E-state index contributed by atoms with van der Waals surface area (Å²) in [6.45, 7) is 5.97. The van der Waals surface area contributed by atoms with Gasteiger partial charge in [-0.05, 0) is 51.5 Å². The molecule has 0 bridgehead atoms. The first-order chi connectivity index (χ1) is 7.49. The van der Waals surface area contributed by atoms with Crippen molar-refractivity contribution < 1.29 is 10.2 Å². The topological polar surface area (TPSA) is 43.7 Å². The van der Waals surface area contributed by atoms with Crippen molar-refractivity contribution in [2.24, 2.45) is 11.8 Å². The van der Waals surface area contributed by atoms with Crippen LogP contribution in [0, 0.1) is 11.8 Å². The summed E-state index contributed by atoms with van der Waals surface area (Å²) in [6.07, 6.45) is 3.73. The molecule has 0 radical (unpaired) electrons. The molecule has 1 rings (SSSR count). The first-order valence-electron chi connectivity index (χ1n) is 6.53. The quantitative estimate of drug-likeness (QED) is 0.750. The summed E-state index contributed by atoms with van der Waals surface area (Å²) in [6, 6.07) is 0. The van der Waals surface area contributed by atoms with Crippen molar-refractivity contribution in [2.75, 3.05) is 20.1 Å². The zero-order chi connectivity index (χ0) is 12.1. The molecule has 0 aliphatic heterocycles. The number of nitrogens with zero attached hydrogens (tertiary/aromatic N) is 1. The second-order valence-electron chi connectivity index (χ2n) is 5.65. The molecular formula is C13H27NO2. The fraction of sp³-hybridized carbons (Fsp3) is 1.00. The van der Waals surface area contributed by atoms with Gasteiger partial charge < -0.3 is 15.1 Å². The van der Waals surface area contributed by atoms with E-state index in [2.05, 4.69) is 18.9 Å². The fourth-order valence-electron chi connectivity index (χ4n) is 2.58. The zero-order valence-electron chi connectivity index (χ0n) is 10.9. The lowest BCUT2D eigenvalue weighted by molar-refractivity contribution is 0.0329. The molecule has 2 N–H and O–H groups in total. The van der Waals surface area contributed by atoms with Gasteiger partial charge in [0.25, 0.3) is 0 Å². The Kier molecular flexibility index (Phi) is 5.73. The summed E-state index contributed by atoms with van der Waals surface area (Å²) in [5.74, 6) is 1.17. The van der Waals surface area contributed by atoms with Gasteiger partial charge >= 0.3 is 0 Å². The van der Waals surface area contributed by atoms with Gasteiger partial charge in [0.2, 0.25) is 0 Å². The van der Waals surface area contributed by atoms with Gasteiger partial charge in [0.15, 0.2) is 0 Å². The molecule has 0 heterocycles. The number of rotatable bonds is 5. The minimum Gasteiger partial charge on any atom is -0.393 e. The number of hydrogen-bond donors (Lipinski definition) is 2. The largest absolute Gasteiger partial charge is 0.393 e. The molecule has 4 atom stereocenters. The maximum atomic E-state index is 9.94. The highest BCUT2D eigenvalue weighted by molar-refractivity contribution is 4.79. The van der Waals surface area contributed by atoms with Crippen LogP contribution < -0.4 is 0 Å². The van der Waals surface area contributed by atoms with Crippen molar-refractivity contribution in [3.8, 4) is 0 Å². The third kappa shape index (κ3) is 4.81. The molecule has 16 heavy (non-hydrogen) atoms. The van der Waals surface area contributed by atoms with E-state index in [-0.39, 0.29) is 12.2 Å². The molecule has 0 amide bonds. The maximum Gasteiger partial charge on any atom is 0.0580 e. The second-order valence-corrected chi connectivity index (χ2v) is 5.65. The summed E-state index contributed by atoms with van der Waals surface area (Å²) >= 11 is 0. The van der Waals surface area contributed by atoms with E-state index in [9.17, 15) is 10.2 Å². The van der Waals surface area contributed by atoms with Crippen LogP contribution in [-0.2, 0) is 0 Å². The van der Waals surface area contributed by atoms with Crippen LogP contribution in [0.3, 0.4) is 0 Å². The van der Waals surface area contributed by atoms with Crippen molar-refractivity contribution in [1.29, 1.82) is 0 Å². The van der Waals surface area contributed by atoms with E-state index in [4.69, 9.17) is 0 Å². The molecule has 0 aromatic rings. The van der Waals surface area contributed by atoms with E-state index in [1.165, 1.54) is 0 Å². The Hall–Kier alpha value is -0.120. The zero-order valence-corrected chi connectivity index (χ0v) is 10.9. The first-order valence-corrected chi connectivity index (χ1v) is 6.53. The molecule has 0 aromatic heterocycles. The van der Waals surface area contributed by atoms with Crippen molar-refractivity contribution in [1.82, 2.24) is 4.90 Å². The summed E-state index contributed by atoms with van der Waals surface area (Å²) in [7, 11) is 2.08. The van der Waals surface area contributed by atoms with Gasteiger partial charge in [-0.25, -0.2) is 0 Å². The van der Waals surface area contributed by atoms with E-state index in [1.54, 1.807) is 0 Å². The van der Waals surface area contributed by atoms with Crippen LogP contribution in [0.5, 0.6) is 0 Å². The molecule has 0 spiro atoms. The Morgan fingerprint density at radius 3 is 2.69 bits per heavy atom. The smallest absolute Gasteiger partial charge is 0.0580 e. The lowest BCUT2D eigenvalue weighted by atomic mass is 9.80. The average molecular weight is 229 g/mol. The standard InChI is InChI=1S/C13H27NO2/c1-10-4-5-13(16)12(8-10)9-14(3)7-6-11(2)15/h10-13,15-16H,4-9H2,1-3H3. The third-order valence-corrected chi connectivity index (χ3v) is 3.68. The van der Waals surface area contributed by atoms with Crippen molar-refractivity contribution in [3.05, 3.63) is 0 Å². The van der Waals surface area contributed by atoms with Crippen LogP contribution in [0.2, 0.25) is 0 Å². The van der Waals surface area contributed by atoms with Crippen LogP contribution >= 0.6 is 0 Å². The van der Waals surface area contributed by atoms with Gasteiger partial charge in [-0.1, -0.05) is 6.92 Å². The fourth-order valence-corrected chi connectivity index (χ4v) is 2.58. The van der Waals surface area contributed by atoms with Gasteiger partial charge in [0.05, 0.1) is 12.2 Å². The molecule has 3 heteroatoms. The van der Waals surface area contributed by atoms with Crippen LogP contribution in [-0.4, -0.2) is 47.5 Å². The van der Waals surface area contributed by atoms with Gasteiger partial charge in [-0.2, -0.15) is 0 Å². The molecule has 4 unspecified atom stereocenters. The highest BCUT2D eigenvalue weighted by atomic mass is 16.3. The van der Waals surface area contributed by atoms with E-state index in [0.29, 0.717) is 5.92 Å². The van der Waals surface area contributed by atoms with Crippen LogP contribution in [0.1, 0.15) is 39.5 Å². The molecule has 1 saturated carbocycles. The minimum absolute atomic E-state index is 0.120. The van der Waals surface area contributed by atoms with Gasteiger partial charge in [-0.15, -0.1) is 0 Å². The monoisotopic (exact) mass is 229 g/mol. The maximum absolute atomic E-state index is 9.94. The second kappa shape index (κ2) is 6.58. The van der Waals surface area contributed by atoms with Crippen LogP contribution in [0.25, 0.3) is 0 Å². The Morgan fingerprint density at radius 2 is 2.06 bits per heavy atom.